The molecule has 1 atom stereocenters. The van der Waals surface area contributed by atoms with Gasteiger partial charge in [0.15, 0.2) is 5.84 Å². The summed E-state index contributed by atoms with van der Waals surface area (Å²) in [6, 6.07) is 12.2. The maximum absolute atomic E-state index is 13.1. The van der Waals surface area contributed by atoms with Crippen LogP contribution in [0.3, 0.4) is 0 Å². The van der Waals surface area contributed by atoms with E-state index in [1.807, 2.05) is 43.9 Å². The van der Waals surface area contributed by atoms with Crippen molar-refractivity contribution in [2.75, 3.05) is 19.6 Å². The Morgan fingerprint density at radius 1 is 1.11 bits per heavy atom. The summed E-state index contributed by atoms with van der Waals surface area (Å²) in [5.74, 6) is 5.56. The minimum absolute atomic E-state index is 0.0755. The van der Waals surface area contributed by atoms with Crippen molar-refractivity contribution in [2.24, 2.45) is 5.16 Å². The van der Waals surface area contributed by atoms with Gasteiger partial charge in [0, 0.05) is 36.3 Å². The van der Waals surface area contributed by atoms with Crippen molar-refractivity contribution >= 4 is 23.7 Å². The molecule has 0 aliphatic carbocycles. The van der Waals surface area contributed by atoms with E-state index in [1.165, 1.54) is 0 Å². The lowest BCUT2D eigenvalue weighted by molar-refractivity contribution is -0.122. The second kappa shape index (κ2) is 10.1. The molecule has 9 nitrogen and oxygen atoms in total. The number of nitrogens with zero attached hydrogens (tertiary/aromatic N) is 3. The van der Waals surface area contributed by atoms with Crippen LogP contribution in [0.2, 0.25) is 0 Å². The summed E-state index contributed by atoms with van der Waals surface area (Å²) in [6.45, 7) is 7.61. The molecule has 4 rings (SSSR count). The van der Waals surface area contributed by atoms with E-state index in [0.29, 0.717) is 36.6 Å². The van der Waals surface area contributed by atoms with Gasteiger partial charge in [-0.3, -0.25) is 14.9 Å². The third kappa shape index (κ3) is 4.62. The molecular formula is C27H29N5O4. The molecule has 1 saturated heterocycles. The fraction of sp³-hybridized carbons (Fsp3) is 0.333. The number of oxime groups is 1. The van der Waals surface area contributed by atoms with Crippen LogP contribution in [0.4, 0.5) is 4.79 Å². The molecule has 3 N–H and O–H groups in total. The molecule has 0 radical (unpaired) electrons. The van der Waals surface area contributed by atoms with Crippen molar-refractivity contribution in [1.29, 1.82) is 0 Å². The van der Waals surface area contributed by atoms with E-state index in [1.54, 1.807) is 29.2 Å². The number of rotatable bonds is 6. The van der Waals surface area contributed by atoms with Gasteiger partial charge in [0.25, 0.3) is 11.8 Å². The van der Waals surface area contributed by atoms with Crippen molar-refractivity contribution in [2.45, 2.75) is 39.3 Å². The lowest BCUT2D eigenvalue weighted by Crippen LogP contribution is -2.54. The van der Waals surface area contributed by atoms with Gasteiger partial charge in [-0.05, 0) is 61.7 Å². The quantitative estimate of drug-likeness (QED) is 0.145. The second-order valence-corrected chi connectivity index (χ2v) is 8.74. The number of amides is 4. The molecule has 2 aromatic carbocycles. The monoisotopic (exact) mass is 487 g/mol. The maximum atomic E-state index is 13.1. The van der Waals surface area contributed by atoms with E-state index < -0.39 is 17.5 Å². The Balaban J connectivity index is 1.59. The highest BCUT2D eigenvalue weighted by molar-refractivity contribution is 6.10. The van der Waals surface area contributed by atoms with Crippen LogP contribution >= 0.6 is 0 Å². The molecular weight excluding hydrogens is 458 g/mol. The number of benzene rings is 2. The molecule has 9 heteroatoms. The van der Waals surface area contributed by atoms with Gasteiger partial charge in [0.05, 0.1) is 6.54 Å². The number of carbonyl (C=O) groups is 3. The number of hydrogen-bond acceptors (Lipinski definition) is 5. The van der Waals surface area contributed by atoms with Gasteiger partial charge in [0.1, 0.15) is 0 Å². The summed E-state index contributed by atoms with van der Waals surface area (Å²) in [7, 11) is 0. The van der Waals surface area contributed by atoms with Gasteiger partial charge in [-0.15, -0.1) is 0 Å². The van der Waals surface area contributed by atoms with Crippen molar-refractivity contribution in [1.82, 2.24) is 20.4 Å². The van der Waals surface area contributed by atoms with Gasteiger partial charge < -0.3 is 20.3 Å². The minimum atomic E-state index is -1.57. The Hall–Kier alpha value is -4.32. The minimum Gasteiger partial charge on any atom is -0.409 e. The molecule has 2 aromatic rings. The number of imide groups is 1. The van der Waals surface area contributed by atoms with Crippen LogP contribution in [0, 0.1) is 11.8 Å². The summed E-state index contributed by atoms with van der Waals surface area (Å²) >= 11 is 0. The summed E-state index contributed by atoms with van der Waals surface area (Å²) in [5, 5.41) is 17.8. The number of carbonyl (C=O) groups excluding carboxylic acids is 3. The molecule has 36 heavy (non-hydrogen) atoms. The number of urea groups is 1. The normalized spacial score (nSPS) is 18.9. The molecule has 0 aromatic heterocycles. The number of nitrogens with one attached hydrogen (secondary N) is 2. The van der Waals surface area contributed by atoms with E-state index >= 15 is 0 Å². The standard InChI is InChI=1S/C27H29N5O4/c1-4-18-7-12-21-16-32(24(33)22(21)15-18)17-27(25(34)28-26(35)29-27)14-13-19-8-10-20(11-9-19)23(30-36)31(5-2)6-3/h7-12,15,36H,4-6,16-17H2,1-3H3,(H2,28,29,34,35)/b30-23+/t27-/m1/s1. The van der Waals surface area contributed by atoms with Crippen LogP contribution in [0.15, 0.2) is 47.6 Å². The smallest absolute Gasteiger partial charge is 0.323 e. The third-order valence-electron chi connectivity index (χ3n) is 6.55. The maximum Gasteiger partial charge on any atom is 0.323 e. The highest BCUT2D eigenvalue weighted by Gasteiger charge is 2.48. The number of fused-ring (bicyclic) bond motifs is 1. The van der Waals surface area contributed by atoms with E-state index in [0.717, 1.165) is 23.1 Å². The first-order chi connectivity index (χ1) is 17.3. The Labute approximate surface area is 210 Å². The molecule has 0 unspecified atom stereocenters. The van der Waals surface area contributed by atoms with Gasteiger partial charge in [-0.2, -0.15) is 0 Å². The highest BCUT2D eigenvalue weighted by atomic mass is 16.4. The van der Waals surface area contributed by atoms with E-state index in [2.05, 4.69) is 27.6 Å². The fourth-order valence-electron chi connectivity index (χ4n) is 4.48. The zero-order chi connectivity index (χ0) is 25.9. The summed E-state index contributed by atoms with van der Waals surface area (Å²) in [5.41, 5.74) is 2.32. The Bertz CT molecular complexity index is 1290. The largest absolute Gasteiger partial charge is 0.409 e. The molecule has 2 aliphatic rings. The van der Waals surface area contributed by atoms with E-state index in [9.17, 15) is 19.6 Å². The van der Waals surface area contributed by atoms with Gasteiger partial charge in [-0.25, -0.2) is 4.79 Å². The van der Waals surface area contributed by atoms with Crippen LogP contribution < -0.4 is 10.6 Å². The summed E-state index contributed by atoms with van der Waals surface area (Å²) in [6.07, 6.45) is 0.813. The van der Waals surface area contributed by atoms with Gasteiger partial charge in [-0.1, -0.05) is 36.1 Å². The molecule has 2 heterocycles. The van der Waals surface area contributed by atoms with Crippen LogP contribution in [0.25, 0.3) is 0 Å². The van der Waals surface area contributed by atoms with Crippen molar-refractivity contribution in [3.05, 3.63) is 70.3 Å². The van der Waals surface area contributed by atoms with Crippen molar-refractivity contribution in [3.8, 4) is 11.8 Å². The van der Waals surface area contributed by atoms with Crippen LogP contribution in [-0.4, -0.2) is 63.9 Å². The highest BCUT2D eigenvalue weighted by Crippen LogP contribution is 2.26. The first-order valence-corrected chi connectivity index (χ1v) is 12.0. The predicted molar refractivity (Wildman–Crippen MR) is 135 cm³/mol. The van der Waals surface area contributed by atoms with Crippen molar-refractivity contribution < 1.29 is 19.6 Å². The molecule has 4 amide bonds. The average molecular weight is 488 g/mol. The molecule has 1 fully saturated rings. The Morgan fingerprint density at radius 2 is 1.83 bits per heavy atom. The Morgan fingerprint density at radius 3 is 2.42 bits per heavy atom. The van der Waals surface area contributed by atoms with Crippen LogP contribution in [-0.2, 0) is 17.8 Å². The predicted octanol–water partition coefficient (Wildman–Crippen LogP) is 2.31. The van der Waals surface area contributed by atoms with Crippen LogP contribution in [0.5, 0.6) is 0 Å². The molecule has 2 aliphatic heterocycles. The fourth-order valence-corrected chi connectivity index (χ4v) is 4.48. The SMILES string of the molecule is CCc1ccc2c(c1)C(=O)N(C[C@@]1(C#Cc3ccc(/C(=N\O)N(CC)CC)cc3)NC(=O)NC1=O)C2. The topological polar surface area (TPSA) is 114 Å². The average Bonchev–Trinajstić information content (AvgIpc) is 3.35. The third-order valence-corrected chi connectivity index (χ3v) is 6.55. The lowest BCUT2D eigenvalue weighted by atomic mass is 9.99. The van der Waals surface area contributed by atoms with E-state index in [-0.39, 0.29) is 12.5 Å². The molecule has 0 saturated carbocycles. The first-order valence-electron chi connectivity index (χ1n) is 12.0. The number of aryl methyl sites for hydroxylation is 1. The molecule has 0 spiro atoms. The van der Waals surface area contributed by atoms with E-state index in [4.69, 9.17) is 0 Å². The number of hydrogen-bond donors (Lipinski definition) is 3. The molecule has 0 bridgehead atoms. The van der Waals surface area contributed by atoms with Crippen molar-refractivity contribution in [3.63, 3.8) is 0 Å². The zero-order valence-electron chi connectivity index (χ0n) is 20.6. The van der Waals surface area contributed by atoms with Gasteiger partial charge >= 0.3 is 6.03 Å². The van der Waals surface area contributed by atoms with Gasteiger partial charge in [0.2, 0.25) is 5.54 Å². The molecule has 186 valence electrons. The zero-order valence-corrected chi connectivity index (χ0v) is 20.6. The summed E-state index contributed by atoms with van der Waals surface area (Å²) < 4.78 is 0. The Kier molecular flexibility index (Phi) is 6.97. The number of amidine groups is 1. The second-order valence-electron chi connectivity index (χ2n) is 8.74. The lowest BCUT2D eigenvalue weighted by Gasteiger charge is -2.26. The summed E-state index contributed by atoms with van der Waals surface area (Å²) in [4.78, 5) is 41.4. The van der Waals surface area contributed by atoms with Crippen LogP contribution in [0.1, 0.15) is 53.4 Å². The first kappa shape index (κ1) is 24.8.